The molecule has 1 N–H and O–H groups in total. The fourth-order valence-corrected chi connectivity index (χ4v) is 5.29. The van der Waals surface area contributed by atoms with Gasteiger partial charge in [0.05, 0.1) is 13.2 Å². The fourth-order valence-electron chi connectivity index (χ4n) is 4.02. The largest absolute Gasteiger partial charge is 0.392 e. The topological polar surface area (TPSA) is 38.7 Å². The van der Waals surface area contributed by atoms with E-state index in [1.165, 1.54) is 22.8 Å². The summed E-state index contributed by atoms with van der Waals surface area (Å²) in [6, 6.07) is 24.5. The molecule has 4 aromatic rings. The van der Waals surface area contributed by atoms with Crippen LogP contribution in [0.2, 0.25) is 0 Å². The second-order valence-electron chi connectivity index (χ2n) is 7.78. The van der Waals surface area contributed by atoms with Crippen molar-refractivity contribution < 1.29 is 14.6 Å². The van der Waals surface area contributed by atoms with Crippen LogP contribution in [-0.4, -0.2) is 18.0 Å². The predicted octanol–water partition coefficient (Wildman–Crippen LogP) is 7.74. The second kappa shape index (κ2) is 11.4. The van der Waals surface area contributed by atoms with Gasteiger partial charge in [-0.15, -0.1) is 0 Å². The van der Waals surface area contributed by atoms with Crippen LogP contribution in [-0.2, 0) is 22.7 Å². The van der Waals surface area contributed by atoms with Crippen molar-refractivity contribution in [3.8, 4) is 0 Å². The van der Waals surface area contributed by atoms with Crippen molar-refractivity contribution in [1.82, 2.24) is 0 Å². The van der Waals surface area contributed by atoms with E-state index in [9.17, 15) is 0 Å². The van der Waals surface area contributed by atoms with Crippen LogP contribution in [0.1, 0.15) is 30.4 Å². The van der Waals surface area contributed by atoms with Gasteiger partial charge in [-0.1, -0.05) is 92.5 Å². The number of ether oxygens (including phenoxy) is 2. The first-order chi connectivity index (χ1) is 15.7. The molecule has 1 atom stereocenters. The van der Waals surface area contributed by atoms with Gasteiger partial charge in [-0.3, -0.25) is 0 Å². The van der Waals surface area contributed by atoms with Crippen molar-refractivity contribution in [2.75, 3.05) is 6.61 Å². The zero-order valence-electron chi connectivity index (χ0n) is 17.8. The Morgan fingerprint density at radius 1 is 0.781 bits per heavy atom. The maximum Gasteiger partial charge on any atom is 0.158 e. The third-order valence-electron chi connectivity index (χ3n) is 5.61. The maximum atomic E-state index is 9.14. The molecular weight excluding hydrogens is 532 g/mol. The number of aliphatic hydroxyl groups is 1. The van der Waals surface area contributed by atoms with Crippen molar-refractivity contribution in [2.45, 2.75) is 38.8 Å². The van der Waals surface area contributed by atoms with Gasteiger partial charge in [0.1, 0.15) is 0 Å². The summed E-state index contributed by atoms with van der Waals surface area (Å²) >= 11 is 7.10. The zero-order valence-corrected chi connectivity index (χ0v) is 20.9. The van der Waals surface area contributed by atoms with Gasteiger partial charge < -0.3 is 14.6 Å². The van der Waals surface area contributed by atoms with Crippen LogP contribution in [0.5, 0.6) is 0 Å². The molecule has 5 rings (SSSR count). The minimum atomic E-state index is -0.0357. The summed E-state index contributed by atoms with van der Waals surface area (Å²) in [7, 11) is 0. The van der Waals surface area contributed by atoms with E-state index in [0.29, 0.717) is 6.61 Å². The van der Waals surface area contributed by atoms with E-state index in [-0.39, 0.29) is 12.9 Å². The molecule has 3 nitrogen and oxygen atoms in total. The number of rotatable bonds is 4. The van der Waals surface area contributed by atoms with Crippen molar-refractivity contribution in [3.63, 3.8) is 0 Å². The summed E-state index contributed by atoms with van der Waals surface area (Å²) in [4.78, 5) is 0. The molecule has 0 amide bonds. The Morgan fingerprint density at radius 3 is 1.91 bits per heavy atom. The molecule has 4 aromatic carbocycles. The molecule has 0 aromatic heterocycles. The van der Waals surface area contributed by atoms with E-state index >= 15 is 0 Å². The first kappa shape index (κ1) is 23.4. The average Bonchev–Trinajstić information content (AvgIpc) is 2.84. The van der Waals surface area contributed by atoms with Gasteiger partial charge >= 0.3 is 0 Å². The fraction of sp³-hybridized carbons (Fsp3) is 0.259. The van der Waals surface area contributed by atoms with E-state index in [1.54, 1.807) is 0 Å². The molecule has 1 heterocycles. The molecule has 1 aliphatic heterocycles. The van der Waals surface area contributed by atoms with Crippen LogP contribution >= 0.6 is 31.9 Å². The normalized spacial score (nSPS) is 16.0. The van der Waals surface area contributed by atoms with Crippen LogP contribution in [0.15, 0.2) is 81.7 Å². The van der Waals surface area contributed by atoms with Gasteiger partial charge in [-0.25, -0.2) is 0 Å². The second-order valence-corrected chi connectivity index (χ2v) is 9.48. The number of benzene rings is 4. The lowest BCUT2D eigenvalue weighted by Crippen LogP contribution is -2.22. The molecule has 0 bridgehead atoms. The SMILES string of the molecule is Brc1cccc2cccc(COC3CCCCO3)c12.OCc1cccc2cccc(Br)c12. The van der Waals surface area contributed by atoms with Gasteiger partial charge in [-0.05, 0) is 53.3 Å². The zero-order chi connectivity index (χ0) is 22.3. The Labute approximate surface area is 205 Å². The molecule has 0 aliphatic carbocycles. The highest BCUT2D eigenvalue weighted by Gasteiger charge is 2.15. The quantitative estimate of drug-likeness (QED) is 0.279. The molecule has 166 valence electrons. The number of hydrogen-bond acceptors (Lipinski definition) is 3. The highest BCUT2D eigenvalue weighted by molar-refractivity contribution is 9.11. The lowest BCUT2D eigenvalue weighted by Gasteiger charge is -2.23. The molecular formula is C27H26Br2O3. The minimum Gasteiger partial charge on any atom is -0.392 e. The Morgan fingerprint density at radius 2 is 1.34 bits per heavy atom. The first-order valence-corrected chi connectivity index (χ1v) is 12.4. The Hall–Kier alpha value is -1.76. The van der Waals surface area contributed by atoms with E-state index in [0.717, 1.165) is 44.7 Å². The summed E-state index contributed by atoms with van der Waals surface area (Å²) in [6.45, 7) is 1.51. The molecule has 0 spiro atoms. The van der Waals surface area contributed by atoms with Crippen molar-refractivity contribution in [3.05, 3.63) is 92.9 Å². The van der Waals surface area contributed by atoms with Crippen molar-refractivity contribution >= 4 is 53.4 Å². The first-order valence-electron chi connectivity index (χ1n) is 10.8. The predicted molar refractivity (Wildman–Crippen MR) is 138 cm³/mol. The average molecular weight is 558 g/mol. The van der Waals surface area contributed by atoms with Crippen LogP contribution < -0.4 is 0 Å². The molecule has 1 aliphatic rings. The summed E-state index contributed by atoms with van der Waals surface area (Å²) < 4.78 is 13.7. The Kier molecular flexibility index (Phi) is 8.33. The smallest absolute Gasteiger partial charge is 0.158 e. The van der Waals surface area contributed by atoms with Crippen LogP contribution in [0.3, 0.4) is 0 Å². The Balaban J connectivity index is 0.000000165. The molecule has 1 fully saturated rings. The summed E-state index contributed by atoms with van der Waals surface area (Å²) in [5.74, 6) is 0. The van der Waals surface area contributed by atoms with Gasteiger partial charge in [0.15, 0.2) is 6.29 Å². The number of halogens is 2. The van der Waals surface area contributed by atoms with Crippen LogP contribution in [0, 0.1) is 0 Å². The van der Waals surface area contributed by atoms with Crippen molar-refractivity contribution in [1.29, 1.82) is 0 Å². The molecule has 32 heavy (non-hydrogen) atoms. The summed E-state index contributed by atoms with van der Waals surface area (Å²) in [5.41, 5.74) is 2.17. The molecule has 1 saturated heterocycles. The number of hydrogen-bond donors (Lipinski definition) is 1. The van der Waals surface area contributed by atoms with Crippen LogP contribution in [0.4, 0.5) is 0 Å². The van der Waals surface area contributed by atoms with Gasteiger partial charge in [0.2, 0.25) is 0 Å². The van der Waals surface area contributed by atoms with Gasteiger partial charge in [0.25, 0.3) is 0 Å². The summed E-state index contributed by atoms with van der Waals surface area (Å²) in [6.07, 6.45) is 3.32. The van der Waals surface area contributed by atoms with E-state index in [2.05, 4.69) is 68.3 Å². The highest BCUT2D eigenvalue weighted by atomic mass is 79.9. The molecule has 0 radical (unpaired) electrons. The lowest BCUT2D eigenvalue weighted by molar-refractivity contribution is -0.168. The molecule has 1 unspecified atom stereocenters. The molecule has 0 saturated carbocycles. The highest BCUT2D eigenvalue weighted by Crippen LogP contribution is 2.29. The maximum absolute atomic E-state index is 9.14. The van der Waals surface area contributed by atoms with Gasteiger partial charge in [0, 0.05) is 26.3 Å². The number of fused-ring (bicyclic) bond motifs is 2. The van der Waals surface area contributed by atoms with E-state index < -0.39 is 0 Å². The third kappa shape index (κ3) is 5.59. The van der Waals surface area contributed by atoms with E-state index in [1.807, 2.05) is 36.4 Å². The standard InChI is InChI=1S/C16H17BrO2.C11H9BrO/c17-14-8-4-6-12-5-3-7-13(16(12)14)11-19-15-9-1-2-10-18-15;12-10-6-2-4-8-3-1-5-9(7-13)11(8)10/h3-8,15H,1-2,9-11H2;1-6,13H,7H2. The monoisotopic (exact) mass is 556 g/mol. The minimum absolute atomic E-state index is 0.0357. The third-order valence-corrected chi connectivity index (χ3v) is 6.93. The van der Waals surface area contributed by atoms with Gasteiger partial charge in [-0.2, -0.15) is 0 Å². The van der Waals surface area contributed by atoms with Crippen LogP contribution in [0.25, 0.3) is 21.5 Å². The molecule has 5 heteroatoms. The summed E-state index contributed by atoms with van der Waals surface area (Å²) in [5, 5.41) is 13.9. The number of aliphatic hydroxyl groups excluding tert-OH is 1. The van der Waals surface area contributed by atoms with E-state index in [4.69, 9.17) is 14.6 Å². The van der Waals surface area contributed by atoms with Crippen molar-refractivity contribution in [2.24, 2.45) is 0 Å². The Bertz CT molecular complexity index is 1180. The lowest BCUT2D eigenvalue weighted by atomic mass is 10.1.